The normalized spacial score (nSPS) is 11.3. The van der Waals surface area contributed by atoms with Crippen LogP contribution in [0.5, 0.6) is 5.75 Å². The molecule has 2 aromatic carbocycles. The van der Waals surface area contributed by atoms with Crippen molar-refractivity contribution in [1.82, 2.24) is 5.32 Å². The van der Waals surface area contributed by atoms with Gasteiger partial charge in [0.05, 0.1) is 7.11 Å². The minimum absolute atomic E-state index is 0.0666. The van der Waals surface area contributed by atoms with Crippen molar-refractivity contribution in [2.45, 2.75) is 12.6 Å². The van der Waals surface area contributed by atoms with Gasteiger partial charge in [-0.3, -0.25) is 0 Å². The van der Waals surface area contributed by atoms with Crippen LogP contribution in [0.2, 0.25) is 0 Å². The predicted octanol–water partition coefficient (Wildman–Crippen LogP) is 2.75. The zero-order valence-corrected chi connectivity index (χ0v) is 12.6. The van der Waals surface area contributed by atoms with Crippen LogP contribution in [0.3, 0.4) is 0 Å². The van der Waals surface area contributed by atoms with E-state index in [2.05, 4.69) is 5.32 Å². The zero-order chi connectivity index (χ0) is 16.7. The summed E-state index contributed by atoms with van der Waals surface area (Å²) in [5.74, 6) is -0.678. The molecule has 0 fully saturated rings. The Morgan fingerprint density at radius 1 is 1.13 bits per heavy atom. The summed E-state index contributed by atoms with van der Waals surface area (Å²) in [6.45, 7) is 0.0666. The van der Waals surface area contributed by atoms with Crippen molar-refractivity contribution in [2.75, 3.05) is 7.11 Å². The number of carbonyl (C=O) groups is 2. The third-order valence-corrected chi connectivity index (χ3v) is 3.15. The summed E-state index contributed by atoms with van der Waals surface area (Å²) in [5.41, 5.74) is 1.21. The molecule has 1 amide bonds. The van der Waals surface area contributed by atoms with Crippen LogP contribution in [0.1, 0.15) is 17.2 Å². The molecule has 2 aromatic rings. The number of hydrogen-bond donors (Lipinski definition) is 2. The van der Waals surface area contributed by atoms with Gasteiger partial charge in [0, 0.05) is 0 Å². The molecular formula is C17H17NO5. The lowest BCUT2D eigenvalue weighted by molar-refractivity contribution is -0.139. The van der Waals surface area contributed by atoms with E-state index in [9.17, 15) is 14.7 Å². The van der Waals surface area contributed by atoms with Crippen molar-refractivity contribution < 1.29 is 24.2 Å². The van der Waals surface area contributed by atoms with Crippen LogP contribution in [-0.2, 0) is 16.1 Å². The van der Waals surface area contributed by atoms with Gasteiger partial charge in [-0.1, -0.05) is 42.5 Å². The molecule has 0 aliphatic rings. The molecule has 0 saturated heterocycles. The van der Waals surface area contributed by atoms with E-state index >= 15 is 0 Å². The number of carboxylic acid groups (broad SMARTS) is 1. The fourth-order valence-electron chi connectivity index (χ4n) is 1.99. The smallest absolute Gasteiger partial charge is 0.408 e. The van der Waals surface area contributed by atoms with Crippen LogP contribution < -0.4 is 10.1 Å². The molecule has 6 nitrogen and oxygen atoms in total. The number of amides is 1. The minimum atomic E-state index is -1.21. The van der Waals surface area contributed by atoms with E-state index in [1.54, 1.807) is 24.3 Å². The highest BCUT2D eigenvalue weighted by Gasteiger charge is 2.23. The van der Waals surface area contributed by atoms with Gasteiger partial charge in [-0.25, -0.2) is 9.59 Å². The Bertz CT molecular complexity index is 672. The highest BCUT2D eigenvalue weighted by atomic mass is 16.5. The summed E-state index contributed by atoms with van der Waals surface area (Å²) in [5, 5.41) is 11.7. The number of nitrogens with one attached hydrogen (secondary N) is 1. The molecule has 1 atom stereocenters. The SMILES string of the molecule is COc1cccc([C@@H](NC(=O)OCc2ccccc2)C(=O)O)c1. The molecule has 0 spiro atoms. The first-order chi connectivity index (χ1) is 11.1. The molecule has 2 N–H and O–H groups in total. The molecule has 0 bridgehead atoms. The van der Waals surface area contributed by atoms with Crippen LogP contribution in [0, 0.1) is 0 Å². The number of ether oxygens (including phenoxy) is 2. The van der Waals surface area contributed by atoms with Gasteiger partial charge in [0.2, 0.25) is 0 Å². The lowest BCUT2D eigenvalue weighted by Gasteiger charge is -2.15. The summed E-state index contributed by atoms with van der Waals surface area (Å²) < 4.78 is 10.1. The Labute approximate surface area is 133 Å². The number of aliphatic carboxylic acids is 1. The Morgan fingerprint density at radius 3 is 2.52 bits per heavy atom. The number of rotatable bonds is 6. The summed E-state index contributed by atoms with van der Waals surface area (Å²) in [6, 6.07) is 14.4. The lowest BCUT2D eigenvalue weighted by atomic mass is 10.1. The van der Waals surface area contributed by atoms with Crippen molar-refractivity contribution in [2.24, 2.45) is 0 Å². The summed E-state index contributed by atoms with van der Waals surface area (Å²) in [4.78, 5) is 23.2. The quantitative estimate of drug-likeness (QED) is 0.856. The second-order valence-corrected chi connectivity index (χ2v) is 4.75. The van der Waals surface area contributed by atoms with Crippen molar-refractivity contribution in [3.8, 4) is 5.75 Å². The maximum atomic E-state index is 11.8. The van der Waals surface area contributed by atoms with Crippen LogP contribution >= 0.6 is 0 Å². The molecule has 0 aromatic heterocycles. The molecule has 0 aliphatic carbocycles. The van der Waals surface area contributed by atoms with E-state index in [1.165, 1.54) is 7.11 Å². The monoisotopic (exact) mass is 315 g/mol. The fraction of sp³-hybridized carbons (Fsp3) is 0.176. The zero-order valence-electron chi connectivity index (χ0n) is 12.6. The van der Waals surface area contributed by atoms with Crippen molar-refractivity contribution in [3.05, 3.63) is 65.7 Å². The Balaban J connectivity index is 2.01. The van der Waals surface area contributed by atoms with Crippen LogP contribution in [0.25, 0.3) is 0 Å². The van der Waals surface area contributed by atoms with Gasteiger partial charge >= 0.3 is 12.1 Å². The van der Waals surface area contributed by atoms with E-state index in [1.807, 2.05) is 30.3 Å². The number of methoxy groups -OCH3 is 1. The third kappa shape index (κ3) is 4.74. The molecule has 0 unspecified atom stereocenters. The molecule has 120 valence electrons. The fourth-order valence-corrected chi connectivity index (χ4v) is 1.99. The van der Waals surface area contributed by atoms with Crippen molar-refractivity contribution in [3.63, 3.8) is 0 Å². The highest BCUT2D eigenvalue weighted by molar-refractivity contribution is 5.81. The standard InChI is InChI=1S/C17H17NO5/c1-22-14-9-5-8-13(10-14)15(16(19)20)18-17(21)23-11-12-6-3-2-4-7-12/h2-10,15H,11H2,1H3,(H,18,21)(H,19,20)/t15-/m1/s1. The first kappa shape index (κ1) is 16.4. The Hall–Kier alpha value is -3.02. The second kappa shape index (κ2) is 7.84. The summed E-state index contributed by atoms with van der Waals surface area (Å²) in [7, 11) is 1.48. The number of carboxylic acids is 1. The van der Waals surface area contributed by atoms with E-state index in [0.29, 0.717) is 11.3 Å². The van der Waals surface area contributed by atoms with Crippen LogP contribution in [-0.4, -0.2) is 24.3 Å². The first-order valence-corrected chi connectivity index (χ1v) is 6.94. The van der Waals surface area contributed by atoms with Gasteiger partial charge in [0.1, 0.15) is 12.4 Å². The summed E-state index contributed by atoms with van der Waals surface area (Å²) >= 11 is 0. The number of benzene rings is 2. The van der Waals surface area contributed by atoms with Gasteiger partial charge in [0.15, 0.2) is 6.04 Å². The third-order valence-electron chi connectivity index (χ3n) is 3.15. The second-order valence-electron chi connectivity index (χ2n) is 4.75. The van der Waals surface area contributed by atoms with Gasteiger partial charge in [-0.05, 0) is 23.3 Å². The van der Waals surface area contributed by atoms with Gasteiger partial charge in [-0.15, -0.1) is 0 Å². The summed E-state index contributed by atoms with van der Waals surface area (Å²) in [6.07, 6.45) is -0.802. The number of alkyl carbamates (subject to hydrolysis) is 1. The van der Waals surface area contributed by atoms with E-state index in [-0.39, 0.29) is 6.61 Å². The van der Waals surface area contributed by atoms with Gasteiger partial charge in [-0.2, -0.15) is 0 Å². The molecule has 0 heterocycles. The lowest BCUT2D eigenvalue weighted by Crippen LogP contribution is -2.34. The largest absolute Gasteiger partial charge is 0.497 e. The van der Waals surface area contributed by atoms with Crippen LogP contribution in [0.15, 0.2) is 54.6 Å². The molecule has 0 aliphatic heterocycles. The average molecular weight is 315 g/mol. The maximum absolute atomic E-state index is 11.8. The molecular weight excluding hydrogens is 298 g/mol. The first-order valence-electron chi connectivity index (χ1n) is 6.94. The highest BCUT2D eigenvalue weighted by Crippen LogP contribution is 2.19. The van der Waals surface area contributed by atoms with Gasteiger partial charge in [0.25, 0.3) is 0 Å². The number of hydrogen-bond acceptors (Lipinski definition) is 4. The maximum Gasteiger partial charge on any atom is 0.408 e. The molecule has 2 rings (SSSR count). The molecule has 0 radical (unpaired) electrons. The van der Waals surface area contributed by atoms with Crippen molar-refractivity contribution >= 4 is 12.1 Å². The van der Waals surface area contributed by atoms with Gasteiger partial charge < -0.3 is 19.9 Å². The average Bonchev–Trinajstić information content (AvgIpc) is 2.58. The number of carbonyl (C=O) groups excluding carboxylic acids is 1. The topological polar surface area (TPSA) is 84.9 Å². The Morgan fingerprint density at radius 2 is 1.87 bits per heavy atom. The van der Waals surface area contributed by atoms with E-state index in [4.69, 9.17) is 9.47 Å². The molecule has 23 heavy (non-hydrogen) atoms. The minimum Gasteiger partial charge on any atom is -0.497 e. The van der Waals surface area contributed by atoms with E-state index < -0.39 is 18.1 Å². The van der Waals surface area contributed by atoms with E-state index in [0.717, 1.165) is 5.56 Å². The Kier molecular flexibility index (Phi) is 5.57. The van der Waals surface area contributed by atoms with Crippen LogP contribution in [0.4, 0.5) is 4.79 Å². The predicted molar refractivity (Wildman–Crippen MR) is 83.1 cm³/mol. The van der Waals surface area contributed by atoms with Crippen molar-refractivity contribution in [1.29, 1.82) is 0 Å². The molecule has 6 heteroatoms. The molecule has 0 saturated carbocycles.